The number of alkyl halides is 3. The number of thiophene rings is 1. The Morgan fingerprint density at radius 2 is 1.52 bits per heavy atom. The SMILES string of the molecule is Fc1cc(-c2ccc(C3CC3)cc2)ccc1-c1ccc(C(F)(F)F)s1. The normalized spacial score (nSPS) is 14.7. The molecule has 4 rings (SSSR count). The minimum Gasteiger partial charge on any atom is -0.206 e. The van der Waals surface area contributed by atoms with Gasteiger partial charge in [0.05, 0.1) is 0 Å². The summed E-state index contributed by atoms with van der Waals surface area (Å²) in [4.78, 5) is -0.443. The van der Waals surface area contributed by atoms with Crippen LogP contribution < -0.4 is 0 Å². The van der Waals surface area contributed by atoms with Gasteiger partial charge in [0.25, 0.3) is 0 Å². The molecule has 0 N–H and O–H groups in total. The van der Waals surface area contributed by atoms with E-state index in [1.807, 2.05) is 12.1 Å². The Morgan fingerprint density at radius 3 is 2.08 bits per heavy atom. The van der Waals surface area contributed by atoms with Crippen LogP contribution >= 0.6 is 11.3 Å². The van der Waals surface area contributed by atoms with E-state index in [0.717, 1.165) is 17.2 Å². The molecule has 0 nitrogen and oxygen atoms in total. The van der Waals surface area contributed by atoms with Crippen LogP contribution in [0.15, 0.2) is 54.6 Å². The van der Waals surface area contributed by atoms with Gasteiger partial charge in [0.2, 0.25) is 0 Å². The number of hydrogen-bond acceptors (Lipinski definition) is 1. The van der Waals surface area contributed by atoms with Crippen molar-refractivity contribution in [3.63, 3.8) is 0 Å². The molecule has 0 amide bonds. The Morgan fingerprint density at radius 1 is 0.840 bits per heavy atom. The third-order valence-electron chi connectivity index (χ3n) is 4.41. The highest BCUT2D eigenvalue weighted by Crippen LogP contribution is 2.41. The quantitative estimate of drug-likeness (QED) is 0.435. The van der Waals surface area contributed by atoms with Gasteiger partial charge in [-0.05, 0) is 59.7 Å². The molecule has 1 heterocycles. The molecule has 0 radical (unpaired) electrons. The van der Waals surface area contributed by atoms with Gasteiger partial charge in [-0.1, -0.05) is 30.3 Å². The van der Waals surface area contributed by atoms with Gasteiger partial charge in [-0.15, -0.1) is 11.3 Å². The average molecular weight is 362 g/mol. The highest BCUT2D eigenvalue weighted by Gasteiger charge is 2.32. The van der Waals surface area contributed by atoms with Crippen LogP contribution in [0.1, 0.15) is 29.2 Å². The van der Waals surface area contributed by atoms with Crippen LogP contribution in [-0.2, 0) is 6.18 Å². The Kier molecular flexibility index (Phi) is 3.91. The number of hydrogen-bond donors (Lipinski definition) is 0. The van der Waals surface area contributed by atoms with Gasteiger partial charge in [0, 0.05) is 10.4 Å². The van der Waals surface area contributed by atoms with E-state index >= 15 is 0 Å². The average Bonchev–Trinajstić information content (AvgIpc) is 3.30. The van der Waals surface area contributed by atoms with Crippen molar-refractivity contribution in [1.82, 2.24) is 0 Å². The minimum atomic E-state index is -4.40. The van der Waals surface area contributed by atoms with E-state index in [0.29, 0.717) is 17.3 Å². The van der Waals surface area contributed by atoms with E-state index < -0.39 is 16.9 Å². The van der Waals surface area contributed by atoms with Crippen LogP contribution in [0.25, 0.3) is 21.6 Å². The summed E-state index contributed by atoms with van der Waals surface area (Å²) in [5.41, 5.74) is 3.12. The predicted octanol–water partition coefficient (Wildman–Crippen LogP) is 7.12. The molecule has 1 saturated carbocycles. The van der Waals surface area contributed by atoms with Crippen molar-refractivity contribution >= 4 is 11.3 Å². The van der Waals surface area contributed by atoms with Crippen LogP contribution in [0, 0.1) is 5.82 Å². The zero-order valence-electron chi connectivity index (χ0n) is 13.1. The predicted molar refractivity (Wildman–Crippen MR) is 92.1 cm³/mol. The first kappa shape index (κ1) is 16.3. The minimum absolute atomic E-state index is 0.193. The lowest BCUT2D eigenvalue weighted by Crippen LogP contribution is -2.00. The summed E-state index contributed by atoms with van der Waals surface area (Å²) in [6.07, 6.45) is -1.95. The van der Waals surface area contributed by atoms with Crippen molar-refractivity contribution in [3.05, 3.63) is 70.9 Å². The molecule has 0 unspecified atom stereocenters. The van der Waals surface area contributed by atoms with Gasteiger partial charge >= 0.3 is 6.18 Å². The summed E-state index contributed by atoms with van der Waals surface area (Å²) in [7, 11) is 0. The molecule has 25 heavy (non-hydrogen) atoms. The van der Waals surface area contributed by atoms with Gasteiger partial charge < -0.3 is 0 Å². The molecule has 3 aromatic rings. The zero-order chi connectivity index (χ0) is 17.6. The Balaban J connectivity index is 1.63. The molecular formula is C20H14F4S. The van der Waals surface area contributed by atoms with Crippen LogP contribution in [0.4, 0.5) is 17.6 Å². The molecule has 5 heteroatoms. The fourth-order valence-electron chi connectivity index (χ4n) is 2.89. The smallest absolute Gasteiger partial charge is 0.206 e. The van der Waals surface area contributed by atoms with Crippen LogP contribution in [0.3, 0.4) is 0 Å². The highest BCUT2D eigenvalue weighted by molar-refractivity contribution is 7.15. The fraction of sp³-hybridized carbons (Fsp3) is 0.200. The number of benzene rings is 2. The maximum Gasteiger partial charge on any atom is 0.425 e. The molecule has 0 aliphatic heterocycles. The Hall–Kier alpha value is -2.14. The second-order valence-electron chi connectivity index (χ2n) is 6.25. The molecule has 0 spiro atoms. The molecule has 0 bridgehead atoms. The van der Waals surface area contributed by atoms with Crippen molar-refractivity contribution in [2.45, 2.75) is 24.9 Å². The van der Waals surface area contributed by atoms with E-state index in [9.17, 15) is 17.6 Å². The molecule has 0 atom stereocenters. The largest absolute Gasteiger partial charge is 0.425 e. The fourth-order valence-corrected chi connectivity index (χ4v) is 3.79. The second-order valence-corrected chi connectivity index (χ2v) is 7.34. The summed E-state index contributed by atoms with van der Waals surface area (Å²) in [6.45, 7) is 0. The molecule has 1 aromatic heterocycles. The van der Waals surface area contributed by atoms with E-state index in [1.165, 1.54) is 30.5 Å². The second kappa shape index (κ2) is 5.99. The van der Waals surface area contributed by atoms with E-state index in [2.05, 4.69) is 12.1 Å². The maximum absolute atomic E-state index is 14.5. The first-order chi connectivity index (χ1) is 11.9. The van der Waals surface area contributed by atoms with E-state index in [4.69, 9.17) is 0 Å². The number of halogens is 4. The first-order valence-electron chi connectivity index (χ1n) is 7.99. The summed E-state index contributed by atoms with van der Waals surface area (Å²) < 4.78 is 52.6. The molecular weight excluding hydrogens is 348 g/mol. The van der Waals surface area contributed by atoms with Crippen molar-refractivity contribution in [2.24, 2.45) is 0 Å². The summed E-state index contributed by atoms with van der Waals surface area (Å²) >= 11 is 0.556. The first-order valence-corrected chi connectivity index (χ1v) is 8.81. The molecule has 1 aliphatic carbocycles. The summed E-state index contributed by atoms with van der Waals surface area (Å²) in [5.74, 6) is 0.147. The molecule has 2 aromatic carbocycles. The molecule has 1 fully saturated rings. The van der Waals surface area contributed by atoms with Gasteiger partial charge in [-0.25, -0.2) is 4.39 Å². The van der Waals surface area contributed by atoms with E-state index in [-0.39, 0.29) is 10.4 Å². The lowest BCUT2D eigenvalue weighted by atomic mass is 10.0. The highest BCUT2D eigenvalue weighted by atomic mass is 32.1. The van der Waals surface area contributed by atoms with Gasteiger partial charge in [-0.3, -0.25) is 0 Å². The van der Waals surface area contributed by atoms with Crippen LogP contribution in [0.2, 0.25) is 0 Å². The third kappa shape index (κ3) is 3.33. The van der Waals surface area contributed by atoms with Crippen molar-refractivity contribution in [3.8, 4) is 21.6 Å². The Bertz CT molecular complexity index is 902. The van der Waals surface area contributed by atoms with Crippen molar-refractivity contribution in [1.29, 1.82) is 0 Å². The standard InChI is InChI=1S/C20H14F4S/c21-17-11-15(14-5-3-13(4-6-14)12-1-2-12)7-8-16(17)18-9-10-19(25-18)20(22,23)24/h3-12H,1-2H2. The summed E-state index contributed by atoms with van der Waals surface area (Å²) in [5, 5.41) is 0. The van der Waals surface area contributed by atoms with Crippen LogP contribution in [0.5, 0.6) is 0 Å². The van der Waals surface area contributed by atoms with Crippen LogP contribution in [-0.4, -0.2) is 0 Å². The lowest BCUT2D eigenvalue weighted by molar-refractivity contribution is -0.134. The Labute approximate surface area is 146 Å². The van der Waals surface area contributed by atoms with E-state index in [1.54, 1.807) is 12.1 Å². The van der Waals surface area contributed by atoms with Crippen molar-refractivity contribution in [2.75, 3.05) is 0 Å². The number of rotatable bonds is 3. The molecule has 0 saturated heterocycles. The lowest BCUT2D eigenvalue weighted by Gasteiger charge is -2.07. The zero-order valence-corrected chi connectivity index (χ0v) is 13.9. The van der Waals surface area contributed by atoms with Crippen molar-refractivity contribution < 1.29 is 17.6 Å². The van der Waals surface area contributed by atoms with Gasteiger partial charge in [0.1, 0.15) is 10.7 Å². The van der Waals surface area contributed by atoms with Gasteiger partial charge in [0.15, 0.2) is 0 Å². The monoisotopic (exact) mass is 362 g/mol. The topological polar surface area (TPSA) is 0 Å². The van der Waals surface area contributed by atoms with Gasteiger partial charge in [-0.2, -0.15) is 13.2 Å². The third-order valence-corrected chi connectivity index (χ3v) is 5.58. The summed E-state index contributed by atoms with van der Waals surface area (Å²) in [6, 6.07) is 15.0. The molecule has 1 aliphatic rings. The molecule has 128 valence electrons. The maximum atomic E-state index is 14.5.